The topological polar surface area (TPSA) is 74.8 Å². The van der Waals surface area contributed by atoms with E-state index in [1.54, 1.807) is 12.1 Å². The van der Waals surface area contributed by atoms with Crippen molar-refractivity contribution in [3.63, 3.8) is 0 Å². The van der Waals surface area contributed by atoms with Crippen molar-refractivity contribution in [2.24, 2.45) is 0 Å². The van der Waals surface area contributed by atoms with Crippen molar-refractivity contribution < 1.29 is 4.79 Å². The molecule has 0 saturated heterocycles. The van der Waals surface area contributed by atoms with Crippen LogP contribution >= 0.6 is 0 Å². The Kier molecular flexibility index (Phi) is 5.33. The number of hydrogen-bond donors (Lipinski definition) is 2. The highest BCUT2D eigenvalue weighted by atomic mass is 16.1. The van der Waals surface area contributed by atoms with Crippen molar-refractivity contribution >= 4 is 5.91 Å². The lowest BCUT2D eigenvalue weighted by atomic mass is 9.85. The molecule has 4 rings (SSSR count). The maximum absolute atomic E-state index is 12.7. The van der Waals surface area contributed by atoms with Crippen LogP contribution in [0.25, 0.3) is 0 Å². The first-order chi connectivity index (χ1) is 13.7. The number of rotatable bonds is 6. The van der Waals surface area contributed by atoms with Gasteiger partial charge in [0.2, 0.25) is 0 Å². The molecule has 0 unspecified atom stereocenters. The molecule has 1 aliphatic rings. The van der Waals surface area contributed by atoms with Crippen molar-refractivity contribution in [2.75, 3.05) is 0 Å². The minimum Gasteiger partial charge on any atom is -0.345 e. The highest BCUT2D eigenvalue weighted by Crippen LogP contribution is 2.34. The molecule has 3 aromatic rings. The number of aromatic nitrogens is 2. The first-order valence-electron chi connectivity index (χ1n) is 9.70. The summed E-state index contributed by atoms with van der Waals surface area (Å²) in [5.41, 5.74) is 2.16. The highest BCUT2D eigenvalue weighted by Gasteiger charge is 2.23. The molecular formula is C23H23N3O2. The van der Waals surface area contributed by atoms with E-state index in [2.05, 4.69) is 10.3 Å². The van der Waals surface area contributed by atoms with Gasteiger partial charge < -0.3 is 10.3 Å². The van der Waals surface area contributed by atoms with Gasteiger partial charge >= 0.3 is 0 Å². The van der Waals surface area contributed by atoms with Crippen LogP contribution in [0.4, 0.5) is 0 Å². The largest absolute Gasteiger partial charge is 0.345 e. The Morgan fingerprint density at radius 2 is 1.75 bits per heavy atom. The number of aromatic amines is 1. The maximum atomic E-state index is 12.7. The monoisotopic (exact) mass is 373 g/mol. The molecule has 1 saturated carbocycles. The van der Waals surface area contributed by atoms with Crippen LogP contribution in [0.3, 0.4) is 0 Å². The molecule has 2 aromatic carbocycles. The summed E-state index contributed by atoms with van der Waals surface area (Å²) < 4.78 is 0. The van der Waals surface area contributed by atoms with E-state index >= 15 is 0 Å². The first kappa shape index (κ1) is 18.2. The number of amides is 1. The maximum Gasteiger partial charge on any atom is 0.251 e. The third-order valence-corrected chi connectivity index (χ3v) is 5.26. The summed E-state index contributed by atoms with van der Waals surface area (Å²) in [5.74, 6) is 0.982. The smallest absolute Gasteiger partial charge is 0.251 e. The van der Waals surface area contributed by atoms with Crippen LogP contribution in [0.1, 0.15) is 58.7 Å². The van der Waals surface area contributed by atoms with Gasteiger partial charge in [-0.3, -0.25) is 9.59 Å². The van der Waals surface area contributed by atoms with Gasteiger partial charge in [0.25, 0.3) is 11.5 Å². The fourth-order valence-electron chi connectivity index (χ4n) is 3.49. The summed E-state index contributed by atoms with van der Waals surface area (Å²) >= 11 is 0. The first-order valence-corrected chi connectivity index (χ1v) is 9.70. The van der Waals surface area contributed by atoms with Crippen LogP contribution in [0.15, 0.2) is 71.5 Å². The van der Waals surface area contributed by atoms with Gasteiger partial charge in [-0.1, -0.05) is 55.0 Å². The second-order valence-corrected chi connectivity index (χ2v) is 7.26. The highest BCUT2D eigenvalue weighted by molar-refractivity contribution is 5.94. The lowest BCUT2D eigenvalue weighted by Crippen LogP contribution is -2.31. The lowest BCUT2D eigenvalue weighted by molar-refractivity contribution is 0.0936. The predicted octanol–water partition coefficient (Wildman–Crippen LogP) is 3.75. The average Bonchev–Trinajstić information content (AvgIpc) is 2.67. The van der Waals surface area contributed by atoms with E-state index < -0.39 is 0 Å². The Labute approximate surface area is 163 Å². The van der Waals surface area contributed by atoms with E-state index in [0.717, 1.165) is 24.2 Å². The Balaban J connectivity index is 1.60. The molecule has 5 heteroatoms. The van der Waals surface area contributed by atoms with E-state index in [1.165, 1.54) is 12.5 Å². The third kappa shape index (κ3) is 4.19. The molecule has 1 heterocycles. The predicted molar refractivity (Wildman–Crippen MR) is 108 cm³/mol. The van der Waals surface area contributed by atoms with E-state index in [1.807, 2.05) is 48.5 Å². The van der Waals surface area contributed by atoms with Crippen LogP contribution in [0, 0.1) is 0 Å². The summed E-state index contributed by atoms with van der Waals surface area (Å²) in [6.45, 7) is 0. The molecule has 5 nitrogen and oxygen atoms in total. The summed E-state index contributed by atoms with van der Waals surface area (Å²) in [5, 5.41) is 3.10. The van der Waals surface area contributed by atoms with Gasteiger partial charge in [-0.2, -0.15) is 0 Å². The average molecular weight is 373 g/mol. The summed E-state index contributed by atoms with van der Waals surface area (Å²) in [6.07, 6.45) is 3.78. The van der Waals surface area contributed by atoms with E-state index in [9.17, 15) is 9.59 Å². The lowest BCUT2D eigenvalue weighted by Gasteiger charge is -2.25. The van der Waals surface area contributed by atoms with E-state index in [0.29, 0.717) is 23.6 Å². The van der Waals surface area contributed by atoms with Crippen molar-refractivity contribution in [3.05, 3.63) is 99.7 Å². The fraction of sp³-hybridized carbons (Fsp3) is 0.261. The van der Waals surface area contributed by atoms with Crippen molar-refractivity contribution in [1.82, 2.24) is 15.3 Å². The van der Waals surface area contributed by atoms with Crippen LogP contribution < -0.4 is 10.9 Å². The van der Waals surface area contributed by atoms with E-state index in [4.69, 9.17) is 4.98 Å². The molecule has 1 aromatic heterocycles. The number of benzene rings is 2. The van der Waals surface area contributed by atoms with Gasteiger partial charge in [-0.25, -0.2) is 4.98 Å². The Morgan fingerprint density at radius 3 is 2.39 bits per heavy atom. The minimum atomic E-state index is -0.266. The molecule has 0 aliphatic heterocycles. The Hall–Kier alpha value is -3.21. The Bertz CT molecular complexity index is 995. The van der Waals surface area contributed by atoms with Gasteiger partial charge in [-0.15, -0.1) is 0 Å². The van der Waals surface area contributed by atoms with Crippen molar-refractivity contribution in [3.8, 4) is 0 Å². The molecule has 1 atom stereocenters. The van der Waals surface area contributed by atoms with Crippen LogP contribution in [-0.4, -0.2) is 15.9 Å². The number of H-pyrrole nitrogens is 1. The number of carbonyl (C=O) groups excluding carboxylic acids is 1. The van der Waals surface area contributed by atoms with Gasteiger partial charge in [0, 0.05) is 24.0 Å². The van der Waals surface area contributed by atoms with Gasteiger partial charge in [0.15, 0.2) is 0 Å². The van der Waals surface area contributed by atoms with Gasteiger partial charge in [0.05, 0.1) is 11.7 Å². The fourth-order valence-corrected chi connectivity index (χ4v) is 3.49. The number of nitrogens with zero attached hydrogens (tertiary/aromatic N) is 1. The number of hydrogen-bond acceptors (Lipinski definition) is 3. The number of nitrogens with one attached hydrogen (secondary N) is 2. The molecular weight excluding hydrogens is 350 g/mol. The molecule has 0 spiro atoms. The normalized spacial score (nSPS) is 14.9. The van der Waals surface area contributed by atoms with Crippen LogP contribution in [0.5, 0.6) is 0 Å². The minimum absolute atomic E-state index is 0.131. The zero-order valence-corrected chi connectivity index (χ0v) is 15.6. The molecule has 28 heavy (non-hydrogen) atoms. The quantitative estimate of drug-likeness (QED) is 0.691. The second-order valence-electron chi connectivity index (χ2n) is 7.26. The van der Waals surface area contributed by atoms with Gasteiger partial charge in [0.1, 0.15) is 5.82 Å². The molecule has 0 radical (unpaired) electrons. The summed E-state index contributed by atoms with van der Waals surface area (Å²) in [4.78, 5) is 32.4. The molecule has 1 aliphatic carbocycles. The molecule has 142 valence electrons. The SMILES string of the molecule is O=C(N[C@H](Cc1cc(=O)[nH]c(C2CCC2)n1)c1ccccc1)c1ccccc1. The van der Waals surface area contributed by atoms with Crippen LogP contribution in [-0.2, 0) is 6.42 Å². The van der Waals surface area contributed by atoms with Crippen molar-refractivity contribution in [2.45, 2.75) is 37.6 Å². The molecule has 0 bridgehead atoms. The van der Waals surface area contributed by atoms with Crippen LogP contribution in [0.2, 0.25) is 0 Å². The molecule has 1 amide bonds. The molecule has 1 fully saturated rings. The standard InChI is InChI=1S/C23H23N3O2/c27-21-15-19(24-22(26-21)17-12-7-13-17)14-20(16-8-3-1-4-9-16)25-23(28)18-10-5-2-6-11-18/h1-6,8-11,15,17,20H,7,12-14H2,(H,25,28)(H,24,26,27)/t20-/m1/s1. The van der Waals surface area contributed by atoms with Crippen molar-refractivity contribution in [1.29, 1.82) is 0 Å². The zero-order valence-electron chi connectivity index (χ0n) is 15.6. The Morgan fingerprint density at radius 1 is 1.07 bits per heavy atom. The summed E-state index contributed by atoms with van der Waals surface area (Å²) in [6, 6.07) is 20.2. The second kappa shape index (κ2) is 8.21. The summed E-state index contributed by atoms with van der Waals surface area (Å²) in [7, 11) is 0. The number of carbonyl (C=O) groups is 1. The zero-order chi connectivity index (χ0) is 19.3. The molecule has 2 N–H and O–H groups in total. The van der Waals surface area contributed by atoms with E-state index in [-0.39, 0.29) is 17.5 Å². The third-order valence-electron chi connectivity index (χ3n) is 5.26. The van der Waals surface area contributed by atoms with Gasteiger partial charge in [-0.05, 0) is 30.5 Å².